The molecule has 0 bridgehead atoms. The van der Waals surface area contributed by atoms with Gasteiger partial charge in [-0.2, -0.15) is 0 Å². The number of barbiturate groups is 1. The van der Waals surface area contributed by atoms with Gasteiger partial charge in [-0.05, 0) is 54.1 Å². The third-order valence-corrected chi connectivity index (χ3v) is 6.26. The lowest BCUT2D eigenvalue weighted by atomic mass is 10.1. The van der Waals surface area contributed by atoms with E-state index in [1.165, 1.54) is 19.3 Å². The van der Waals surface area contributed by atoms with Crippen LogP contribution in [0.15, 0.2) is 70.7 Å². The molecule has 0 radical (unpaired) electrons. The quantitative estimate of drug-likeness (QED) is 0.287. The van der Waals surface area contributed by atoms with Gasteiger partial charge in [-0.3, -0.25) is 14.9 Å². The molecule has 1 N–H and O–H groups in total. The average molecular weight is 576 g/mol. The Bertz CT molecular complexity index is 1360. The van der Waals surface area contributed by atoms with Crippen LogP contribution in [0.1, 0.15) is 11.1 Å². The highest BCUT2D eigenvalue weighted by atomic mass is 79.9. The van der Waals surface area contributed by atoms with E-state index < -0.39 is 17.8 Å². The number of imide groups is 2. The van der Waals surface area contributed by atoms with Crippen molar-refractivity contribution in [2.24, 2.45) is 0 Å². The van der Waals surface area contributed by atoms with Crippen LogP contribution >= 0.6 is 39.1 Å². The van der Waals surface area contributed by atoms with Crippen LogP contribution in [0.25, 0.3) is 6.08 Å². The van der Waals surface area contributed by atoms with E-state index in [1.807, 2.05) is 18.2 Å². The molecule has 3 aromatic rings. The first-order valence-corrected chi connectivity index (χ1v) is 11.7. The van der Waals surface area contributed by atoms with Crippen molar-refractivity contribution in [2.75, 3.05) is 12.0 Å². The maximum absolute atomic E-state index is 13.1. The molecule has 3 aromatic carbocycles. The van der Waals surface area contributed by atoms with Gasteiger partial charge in [-0.15, -0.1) is 0 Å². The number of rotatable bonds is 6. The highest BCUT2D eigenvalue weighted by molar-refractivity contribution is 9.10. The summed E-state index contributed by atoms with van der Waals surface area (Å²) in [5, 5.41) is 2.94. The van der Waals surface area contributed by atoms with Crippen molar-refractivity contribution < 1.29 is 23.9 Å². The molecular formula is C25H17BrCl2N2O5. The molecule has 1 aliphatic rings. The lowest BCUT2D eigenvalue weighted by Gasteiger charge is -2.26. The second-order valence-corrected chi connectivity index (χ2v) is 9.08. The fourth-order valence-corrected chi connectivity index (χ4v) is 4.11. The third-order valence-electron chi connectivity index (χ3n) is 5.08. The zero-order valence-corrected chi connectivity index (χ0v) is 21.3. The van der Waals surface area contributed by atoms with Crippen LogP contribution in [0, 0.1) is 0 Å². The topological polar surface area (TPSA) is 84.9 Å². The summed E-state index contributed by atoms with van der Waals surface area (Å²) < 4.78 is 12.0. The minimum Gasteiger partial charge on any atom is -0.493 e. The number of nitrogens with zero attached hydrogens (tertiary/aromatic N) is 1. The van der Waals surface area contributed by atoms with Crippen molar-refractivity contribution in [3.8, 4) is 11.5 Å². The Morgan fingerprint density at radius 3 is 2.40 bits per heavy atom. The van der Waals surface area contributed by atoms with Crippen LogP contribution in [-0.2, 0) is 16.2 Å². The Morgan fingerprint density at radius 1 is 1.00 bits per heavy atom. The van der Waals surface area contributed by atoms with E-state index in [-0.39, 0.29) is 23.0 Å². The van der Waals surface area contributed by atoms with Gasteiger partial charge >= 0.3 is 6.03 Å². The number of carbonyl (C=O) groups excluding carboxylic acids is 3. The number of methoxy groups -OCH3 is 1. The van der Waals surface area contributed by atoms with Crippen LogP contribution in [-0.4, -0.2) is 25.0 Å². The Hall–Kier alpha value is -3.33. The molecule has 0 atom stereocenters. The standard InChI is InChI=1S/C25H17BrCl2N2O5/c1-34-21-12-14(11-20(28)22(21)35-13-15-4-2-3-5-19(15)27)10-18-23(31)29-25(33)30(24(18)32)17-8-6-16(26)7-9-17/h2-12H,13H2,1H3,(H,29,31,33). The molecule has 10 heteroatoms. The minimum atomic E-state index is -0.835. The van der Waals surface area contributed by atoms with Gasteiger partial charge in [0.25, 0.3) is 11.8 Å². The van der Waals surface area contributed by atoms with Gasteiger partial charge in [0.05, 0.1) is 17.8 Å². The summed E-state index contributed by atoms with van der Waals surface area (Å²) in [4.78, 5) is 38.9. The molecule has 1 aliphatic heterocycles. The summed E-state index contributed by atoms with van der Waals surface area (Å²) in [6.07, 6.45) is 1.34. The van der Waals surface area contributed by atoms with E-state index in [2.05, 4.69) is 21.2 Å². The molecule has 0 spiro atoms. The van der Waals surface area contributed by atoms with Crippen LogP contribution in [0.3, 0.4) is 0 Å². The Balaban J connectivity index is 1.64. The van der Waals surface area contributed by atoms with Crippen LogP contribution in [0.4, 0.5) is 10.5 Å². The lowest BCUT2D eigenvalue weighted by Crippen LogP contribution is -2.54. The SMILES string of the molecule is COc1cc(C=C2C(=O)NC(=O)N(c3ccc(Br)cc3)C2=O)cc(Cl)c1OCc1ccccc1Cl. The molecule has 35 heavy (non-hydrogen) atoms. The van der Waals surface area contributed by atoms with Gasteiger partial charge in [0.15, 0.2) is 11.5 Å². The second-order valence-electron chi connectivity index (χ2n) is 7.35. The Kier molecular flexibility index (Phi) is 7.45. The van der Waals surface area contributed by atoms with Gasteiger partial charge in [-0.1, -0.05) is 57.3 Å². The van der Waals surface area contributed by atoms with Crippen molar-refractivity contribution in [2.45, 2.75) is 6.61 Å². The molecule has 4 amide bonds. The van der Waals surface area contributed by atoms with E-state index in [1.54, 1.807) is 36.4 Å². The summed E-state index contributed by atoms with van der Waals surface area (Å²) in [5.41, 5.74) is 1.24. The number of halogens is 3. The van der Waals surface area contributed by atoms with Gasteiger partial charge < -0.3 is 9.47 Å². The number of hydrogen-bond acceptors (Lipinski definition) is 5. The summed E-state index contributed by atoms with van der Waals surface area (Å²) in [5.74, 6) is -1.01. The normalized spacial score (nSPS) is 14.8. The number of hydrogen-bond donors (Lipinski definition) is 1. The number of benzene rings is 3. The maximum atomic E-state index is 13.1. The van der Waals surface area contributed by atoms with Crippen molar-refractivity contribution in [1.29, 1.82) is 0 Å². The van der Waals surface area contributed by atoms with Crippen molar-refractivity contribution in [3.05, 3.63) is 91.9 Å². The van der Waals surface area contributed by atoms with Crippen LogP contribution in [0.5, 0.6) is 11.5 Å². The number of anilines is 1. The van der Waals surface area contributed by atoms with Crippen LogP contribution in [0.2, 0.25) is 10.0 Å². The summed E-state index contributed by atoms with van der Waals surface area (Å²) in [7, 11) is 1.44. The monoisotopic (exact) mass is 574 g/mol. The summed E-state index contributed by atoms with van der Waals surface area (Å²) in [6.45, 7) is 0.154. The van der Waals surface area contributed by atoms with E-state index in [4.69, 9.17) is 32.7 Å². The van der Waals surface area contributed by atoms with Gasteiger partial charge in [0.2, 0.25) is 0 Å². The Labute approximate surface area is 219 Å². The molecule has 0 aromatic heterocycles. The molecule has 7 nitrogen and oxygen atoms in total. The number of ether oxygens (including phenoxy) is 2. The molecule has 4 rings (SSSR count). The van der Waals surface area contributed by atoms with Gasteiger partial charge in [0.1, 0.15) is 12.2 Å². The molecule has 1 fully saturated rings. The van der Waals surface area contributed by atoms with Crippen LogP contribution < -0.4 is 19.7 Å². The van der Waals surface area contributed by atoms with E-state index in [0.717, 1.165) is 14.9 Å². The number of amides is 4. The first-order chi connectivity index (χ1) is 16.8. The molecule has 1 saturated heterocycles. The van der Waals surface area contributed by atoms with Crippen molar-refractivity contribution in [1.82, 2.24) is 5.32 Å². The third kappa shape index (κ3) is 5.35. The number of carbonyl (C=O) groups is 3. The minimum absolute atomic E-state index is 0.154. The van der Waals surface area contributed by atoms with E-state index in [9.17, 15) is 14.4 Å². The number of urea groups is 1. The first-order valence-electron chi connectivity index (χ1n) is 10.2. The molecule has 178 valence electrons. The zero-order chi connectivity index (χ0) is 25.1. The van der Waals surface area contributed by atoms with E-state index in [0.29, 0.717) is 22.0 Å². The predicted octanol–water partition coefficient (Wildman–Crippen LogP) is 6.01. The average Bonchev–Trinajstić information content (AvgIpc) is 2.83. The van der Waals surface area contributed by atoms with Crippen molar-refractivity contribution >= 4 is 68.7 Å². The molecule has 0 unspecified atom stereocenters. The fourth-order valence-electron chi connectivity index (χ4n) is 3.38. The predicted molar refractivity (Wildman–Crippen MR) is 137 cm³/mol. The Morgan fingerprint density at radius 2 is 1.71 bits per heavy atom. The highest BCUT2D eigenvalue weighted by Gasteiger charge is 2.36. The smallest absolute Gasteiger partial charge is 0.335 e. The summed E-state index contributed by atoms with van der Waals surface area (Å²) >= 11 is 15.9. The highest BCUT2D eigenvalue weighted by Crippen LogP contribution is 2.38. The second kappa shape index (κ2) is 10.5. The first kappa shape index (κ1) is 24.8. The lowest BCUT2D eigenvalue weighted by molar-refractivity contribution is -0.122. The molecular weight excluding hydrogens is 559 g/mol. The van der Waals surface area contributed by atoms with E-state index >= 15 is 0 Å². The fraction of sp³-hybridized carbons (Fsp3) is 0.0800. The summed E-state index contributed by atoms with van der Waals surface area (Å²) in [6, 6.07) is 16.0. The van der Waals surface area contributed by atoms with Gasteiger partial charge in [0, 0.05) is 15.1 Å². The maximum Gasteiger partial charge on any atom is 0.335 e. The largest absolute Gasteiger partial charge is 0.493 e. The van der Waals surface area contributed by atoms with Crippen molar-refractivity contribution in [3.63, 3.8) is 0 Å². The zero-order valence-electron chi connectivity index (χ0n) is 18.2. The molecule has 0 saturated carbocycles. The van der Waals surface area contributed by atoms with Gasteiger partial charge in [-0.25, -0.2) is 9.69 Å². The number of nitrogens with one attached hydrogen (secondary N) is 1. The molecule has 1 heterocycles. The molecule has 0 aliphatic carbocycles.